The molecule has 1 aromatic rings. The van der Waals surface area contributed by atoms with Crippen molar-refractivity contribution >= 4 is 24.0 Å². The summed E-state index contributed by atoms with van der Waals surface area (Å²) in [5.41, 5.74) is 16.4. The molecule has 0 radical (unpaired) electrons. The molecule has 1 aromatic carbocycles. The van der Waals surface area contributed by atoms with E-state index in [9.17, 15) is 9.90 Å². The number of carboxylic acids is 1. The fourth-order valence-corrected chi connectivity index (χ4v) is 1.75. The zero-order valence-electron chi connectivity index (χ0n) is 12.4. The zero-order valence-corrected chi connectivity index (χ0v) is 12.4. The van der Waals surface area contributed by atoms with E-state index in [0.29, 0.717) is 18.5 Å². The molecule has 0 unspecified atom stereocenters. The van der Waals surface area contributed by atoms with E-state index in [1.165, 1.54) is 24.4 Å². The highest BCUT2D eigenvalue weighted by Gasteiger charge is 2.15. The molecule has 0 aromatic heterocycles. The Bertz CT molecular complexity index is 637. The van der Waals surface area contributed by atoms with Crippen molar-refractivity contribution in [3.05, 3.63) is 29.3 Å². The van der Waals surface area contributed by atoms with E-state index >= 15 is 0 Å². The second-order valence-electron chi connectivity index (χ2n) is 4.77. The predicted octanol–water partition coefficient (Wildman–Crippen LogP) is -0.398. The Balaban J connectivity index is 2.81. The quantitative estimate of drug-likeness (QED) is 0.215. The van der Waals surface area contributed by atoms with Crippen molar-refractivity contribution in [3.63, 3.8) is 0 Å². The van der Waals surface area contributed by atoms with Crippen LogP contribution in [0.2, 0.25) is 0 Å². The minimum absolute atomic E-state index is 0.0497. The first-order valence-electron chi connectivity index (χ1n) is 6.80. The number of benzene rings is 1. The molecular formula is C14H20N6O3. The van der Waals surface area contributed by atoms with E-state index in [-0.39, 0.29) is 29.5 Å². The lowest BCUT2D eigenvalue weighted by atomic mass is 10.1. The van der Waals surface area contributed by atoms with Crippen molar-refractivity contribution in [2.45, 2.75) is 18.9 Å². The maximum Gasteiger partial charge on any atom is 0.328 e. The van der Waals surface area contributed by atoms with E-state index in [1.807, 2.05) is 0 Å². The van der Waals surface area contributed by atoms with Gasteiger partial charge in [0.2, 0.25) is 0 Å². The smallest absolute Gasteiger partial charge is 0.328 e. The Morgan fingerprint density at radius 1 is 1.35 bits per heavy atom. The highest BCUT2D eigenvalue weighted by atomic mass is 16.4. The van der Waals surface area contributed by atoms with Gasteiger partial charge in [-0.2, -0.15) is 0 Å². The number of carbonyl (C=O) groups is 1. The average Bonchev–Trinajstić information content (AvgIpc) is 2.47. The Labute approximate surface area is 133 Å². The standard InChI is InChI=1S/C14H20N6O3/c15-12(16)8-3-4-11(21)9(6-8)7-20-10(13(22)23)2-1-5-19-14(17)18/h3-4,6-7,10,21H,1-2,5H2,(H3,15,16)(H,22,23)(H4,17,18,19)/t10-/m0/s1. The maximum absolute atomic E-state index is 11.2. The average molecular weight is 320 g/mol. The van der Waals surface area contributed by atoms with Crippen molar-refractivity contribution in [3.8, 4) is 5.75 Å². The summed E-state index contributed by atoms with van der Waals surface area (Å²) in [4.78, 5) is 18.9. The van der Waals surface area contributed by atoms with Crippen molar-refractivity contribution in [2.75, 3.05) is 6.54 Å². The lowest BCUT2D eigenvalue weighted by Crippen LogP contribution is -2.23. The fraction of sp³-hybridized carbons (Fsp3) is 0.286. The van der Waals surface area contributed by atoms with Gasteiger partial charge in [-0.1, -0.05) is 0 Å². The van der Waals surface area contributed by atoms with Crippen LogP contribution in [-0.4, -0.2) is 46.8 Å². The molecule has 0 heterocycles. The van der Waals surface area contributed by atoms with Crippen molar-refractivity contribution < 1.29 is 15.0 Å². The maximum atomic E-state index is 11.2. The number of nitrogens with two attached hydrogens (primary N) is 3. The van der Waals surface area contributed by atoms with E-state index in [0.717, 1.165) is 0 Å². The van der Waals surface area contributed by atoms with Gasteiger partial charge in [-0.15, -0.1) is 0 Å². The highest BCUT2D eigenvalue weighted by Crippen LogP contribution is 2.17. The summed E-state index contributed by atoms with van der Waals surface area (Å²) in [7, 11) is 0. The zero-order chi connectivity index (χ0) is 17.4. The molecule has 0 aliphatic heterocycles. The van der Waals surface area contributed by atoms with Gasteiger partial charge in [-0.25, -0.2) is 4.79 Å². The molecule has 1 rings (SSSR count). The highest BCUT2D eigenvalue weighted by molar-refractivity contribution is 5.97. The van der Waals surface area contributed by atoms with Gasteiger partial charge in [-0.3, -0.25) is 15.4 Å². The molecule has 1 atom stereocenters. The normalized spacial score (nSPS) is 12.0. The number of rotatable bonds is 8. The van der Waals surface area contributed by atoms with Crippen LogP contribution in [0.1, 0.15) is 24.0 Å². The Kier molecular flexibility index (Phi) is 6.53. The molecule has 9 N–H and O–H groups in total. The number of aliphatic carboxylic acids is 1. The SMILES string of the molecule is N=C(N)c1ccc(O)c(C=N[C@@H](CCCN=C(N)N)C(=O)O)c1. The molecule has 0 aliphatic rings. The fourth-order valence-electron chi connectivity index (χ4n) is 1.75. The summed E-state index contributed by atoms with van der Waals surface area (Å²) in [5, 5.41) is 26.3. The van der Waals surface area contributed by atoms with Crippen molar-refractivity contribution in [2.24, 2.45) is 27.2 Å². The lowest BCUT2D eigenvalue weighted by molar-refractivity contribution is -0.138. The van der Waals surface area contributed by atoms with Gasteiger partial charge in [0.1, 0.15) is 17.6 Å². The summed E-state index contributed by atoms with van der Waals surface area (Å²) in [5.74, 6) is -1.38. The number of nitrogen functional groups attached to an aromatic ring is 1. The molecule has 124 valence electrons. The molecular weight excluding hydrogens is 300 g/mol. The first-order chi connectivity index (χ1) is 10.8. The number of aliphatic imine (C=N–C) groups is 2. The lowest BCUT2D eigenvalue weighted by Gasteiger charge is -2.07. The third-order valence-electron chi connectivity index (χ3n) is 2.95. The molecule has 0 spiro atoms. The van der Waals surface area contributed by atoms with E-state index in [2.05, 4.69) is 9.98 Å². The number of guanidine groups is 1. The Morgan fingerprint density at radius 3 is 2.61 bits per heavy atom. The van der Waals surface area contributed by atoms with Crippen LogP contribution in [0.3, 0.4) is 0 Å². The van der Waals surface area contributed by atoms with Crippen LogP contribution in [0, 0.1) is 5.41 Å². The first-order valence-corrected chi connectivity index (χ1v) is 6.80. The Hall–Kier alpha value is -3.10. The molecule has 0 bridgehead atoms. The molecule has 0 amide bonds. The number of hydrogen-bond acceptors (Lipinski definition) is 5. The third kappa shape index (κ3) is 6.04. The van der Waals surface area contributed by atoms with Gasteiger partial charge in [0.15, 0.2) is 5.96 Å². The number of amidine groups is 1. The summed E-state index contributed by atoms with van der Waals surface area (Å²) >= 11 is 0. The van der Waals surface area contributed by atoms with Crippen LogP contribution in [0.4, 0.5) is 0 Å². The second-order valence-corrected chi connectivity index (χ2v) is 4.77. The Morgan fingerprint density at radius 2 is 2.04 bits per heavy atom. The predicted molar refractivity (Wildman–Crippen MR) is 88.1 cm³/mol. The minimum Gasteiger partial charge on any atom is -0.507 e. The monoisotopic (exact) mass is 320 g/mol. The van der Waals surface area contributed by atoms with Gasteiger partial charge in [0, 0.05) is 23.9 Å². The summed E-state index contributed by atoms with van der Waals surface area (Å²) in [6, 6.07) is 3.33. The van der Waals surface area contributed by atoms with Crippen LogP contribution in [-0.2, 0) is 4.79 Å². The van der Waals surface area contributed by atoms with Gasteiger partial charge in [0.25, 0.3) is 0 Å². The van der Waals surface area contributed by atoms with Crippen LogP contribution < -0.4 is 17.2 Å². The van der Waals surface area contributed by atoms with Gasteiger partial charge in [0.05, 0.1) is 0 Å². The van der Waals surface area contributed by atoms with Crippen LogP contribution in [0.25, 0.3) is 0 Å². The molecule has 9 nitrogen and oxygen atoms in total. The largest absolute Gasteiger partial charge is 0.507 e. The van der Waals surface area contributed by atoms with Crippen LogP contribution in [0.15, 0.2) is 28.2 Å². The minimum atomic E-state index is -1.09. The van der Waals surface area contributed by atoms with Crippen LogP contribution >= 0.6 is 0 Å². The van der Waals surface area contributed by atoms with Crippen molar-refractivity contribution in [1.82, 2.24) is 0 Å². The van der Waals surface area contributed by atoms with Gasteiger partial charge >= 0.3 is 5.97 Å². The number of phenols is 1. The molecule has 0 saturated carbocycles. The van der Waals surface area contributed by atoms with Crippen molar-refractivity contribution in [1.29, 1.82) is 5.41 Å². The first kappa shape index (κ1) is 18.0. The van der Waals surface area contributed by atoms with Crippen LogP contribution in [0.5, 0.6) is 5.75 Å². The number of aromatic hydroxyl groups is 1. The third-order valence-corrected chi connectivity index (χ3v) is 2.95. The van der Waals surface area contributed by atoms with E-state index in [4.69, 9.17) is 27.7 Å². The van der Waals surface area contributed by atoms with Gasteiger partial charge < -0.3 is 27.4 Å². The number of carboxylic acid groups (broad SMARTS) is 1. The number of nitrogens with one attached hydrogen (secondary N) is 1. The number of phenolic OH excluding ortho intramolecular Hbond substituents is 1. The summed E-state index contributed by atoms with van der Waals surface area (Å²) in [6.07, 6.45) is 1.95. The van der Waals surface area contributed by atoms with E-state index in [1.54, 1.807) is 0 Å². The molecule has 0 saturated heterocycles. The van der Waals surface area contributed by atoms with E-state index < -0.39 is 12.0 Å². The number of hydrogen-bond donors (Lipinski definition) is 6. The molecule has 0 fully saturated rings. The molecule has 9 heteroatoms. The van der Waals surface area contributed by atoms with Gasteiger partial charge in [-0.05, 0) is 31.0 Å². The second kappa shape index (κ2) is 8.37. The summed E-state index contributed by atoms with van der Waals surface area (Å²) < 4.78 is 0. The summed E-state index contributed by atoms with van der Waals surface area (Å²) in [6.45, 7) is 0.312. The molecule has 23 heavy (non-hydrogen) atoms. The topological polar surface area (TPSA) is 184 Å². The number of nitrogens with zero attached hydrogens (tertiary/aromatic N) is 2. The molecule has 0 aliphatic carbocycles.